The molecule has 0 unspecified atom stereocenters. The molecule has 7 nitrogen and oxygen atoms in total. The lowest BCUT2D eigenvalue weighted by molar-refractivity contribution is -0.386. The van der Waals surface area contributed by atoms with Gasteiger partial charge in [-0.05, 0) is 47.4 Å². The molecule has 9 heteroatoms. The van der Waals surface area contributed by atoms with Gasteiger partial charge in [0.25, 0.3) is 0 Å². The number of phenols is 1. The number of nitro benzene ring substituents is 1. The predicted molar refractivity (Wildman–Crippen MR) is 106 cm³/mol. The van der Waals surface area contributed by atoms with Crippen molar-refractivity contribution in [2.45, 2.75) is 31.1 Å². The summed E-state index contributed by atoms with van der Waals surface area (Å²) in [6.45, 7) is 5.23. The maximum Gasteiger partial charge on any atom is 0.311 e. The molecule has 0 bridgehead atoms. The number of nitrogens with zero attached hydrogens (tertiary/aromatic N) is 2. The summed E-state index contributed by atoms with van der Waals surface area (Å²) in [4.78, 5) is 9.81. The van der Waals surface area contributed by atoms with Crippen LogP contribution in [0.2, 0.25) is 5.02 Å². The molecule has 2 rings (SSSR count). The monoisotopic (exact) mass is 420 g/mol. The van der Waals surface area contributed by atoms with Crippen molar-refractivity contribution in [2.75, 3.05) is 0 Å². The molecule has 0 saturated carbocycles. The van der Waals surface area contributed by atoms with Crippen LogP contribution in [0.4, 0.5) is 5.69 Å². The number of hydrogen-bond acceptors (Lipinski definition) is 6. The lowest BCUT2D eigenvalue weighted by atomic mass is 9.85. The third kappa shape index (κ3) is 4.32. The van der Waals surface area contributed by atoms with E-state index in [9.17, 15) is 28.9 Å². The second-order valence-corrected chi connectivity index (χ2v) is 9.38. The number of benzene rings is 2. The van der Waals surface area contributed by atoms with Gasteiger partial charge in [-0.15, -0.1) is 0 Å². The summed E-state index contributed by atoms with van der Waals surface area (Å²) < 4.78 is 25.5. The van der Waals surface area contributed by atoms with Crippen molar-refractivity contribution >= 4 is 33.2 Å². The third-order valence-corrected chi connectivity index (χ3v) is 5.87. The van der Waals surface area contributed by atoms with E-state index in [1.165, 1.54) is 30.3 Å². The third-order valence-electron chi connectivity index (χ3n) is 3.94. The lowest BCUT2D eigenvalue weighted by Gasteiger charge is -2.20. The van der Waals surface area contributed by atoms with Gasteiger partial charge in [-0.1, -0.05) is 32.4 Å². The zero-order valence-electron chi connectivity index (χ0n) is 15.3. The molecule has 0 atom stereocenters. The Hall–Kier alpha value is -2.89. The fourth-order valence-corrected chi connectivity index (χ4v) is 3.78. The first-order valence-corrected chi connectivity index (χ1v) is 9.88. The van der Waals surface area contributed by atoms with Crippen molar-refractivity contribution in [3.05, 3.63) is 67.6 Å². The van der Waals surface area contributed by atoms with Crippen LogP contribution in [0.5, 0.6) is 5.75 Å². The number of halogens is 1. The molecule has 0 fully saturated rings. The molecular formula is C19H17ClN2O5S. The number of sulfone groups is 1. The number of rotatable bonds is 4. The van der Waals surface area contributed by atoms with Crippen molar-refractivity contribution < 1.29 is 18.4 Å². The number of phenolic OH excluding ortho intramolecular Hbond substituents is 1. The van der Waals surface area contributed by atoms with Gasteiger partial charge in [0.05, 0.1) is 9.82 Å². The predicted octanol–water partition coefficient (Wildman–Crippen LogP) is 4.59. The molecule has 2 aromatic carbocycles. The SMILES string of the molecule is CC(C)(C)c1cc(/C=C(/C#N)S(=O)(=O)c2ccc(Cl)cc2)cc([N+](=O)[O-])c1O. The zero-order valence-corrected chi connectivity index (χ0v) is 16.9. The van der Waals surface area contributed by atoms with Gasteiger partial charge >= 0.3 is 5.69 Å². The molecule has 0 saturated heterocycles. The van der Waals surface area contributed by atoms with Crippen molar-refractivity contribution in [1.29, 1.82) is 5.26 Å². The Bertz CT molecular complexity index is 1110. The van der Waals surface area contributed by atoms with Gasteiger partial charge in [0, 0.05) is 16.7 Å². The van der Waals surface area contributed by atoms with E-state index in [1.54, 1.807) is 26.8 Å². The second kappa shape index (κ2) is 7.62. The van der Waals surface area contributed by atoms with Crippen molar-refractivity contribution in [3.8, 4) is 11.8 Å². The Labute approximate surface area is 167 Å². The van der Waals surface area contributed by atoms with Crippen molar-refractivity contribution in [2.24, 2.45) is 0 Å². The first-order valence-electron chi connectivity index (χ1n) is 8.02. The second-order valence-electron chi connectivity index (χ2n) is 7.02. The van der Waals surface area contributed by atoms with Crippen LogP contribution in [0.3, 0.4) is 0 Å². The maximum atomic E-state index is 12.7. The molecule has 0 aliphatic rings. The summed E-state index contributed by atoms with van der Waals surface area (Å²) in [6, 6.07) is 9.38. The highest BCUT2D eigenvalue weighted by Crippen LogP contribution is 2.39. The zero-order chi connectivity index (χ0) is 21.3. The van der Waals surface area contributed by atoms with E-state index in [1.807, 2.05) is 0 Å². The van der Waals surface area contributed by atoms with Crippen LogP contribution >= 0.6 is 11.6 Å². The average Bonchev–Trinajstić information content (AvgIpc) is 2.59. The summed E-state index contributed by atoms with van der Waals surface area (Å²) in [5, 5.41) is 31.2. The van der Waals surface area contributed by atoms with Crippen LogP contribution in [-0.4, -0.2) is 18.4 Å². The standard InChI is InChI=1S/C19H17ClN2O5S/c1-19(2,3)16-9-12(10-17(18(16)23)22(24)25)8-15(11-21)28(26,27)14-6-4-13(20)5-7-14/h4-10,23H,1-3H3/b15-8-. The highest BCUT2D eigenvalue weighted by Gasteiger charge is 2.27. The smallest absolute Gasteiger partial charge is 0.311 e. The molecule has 28 heavy (non-hydrogen) atoms. The molecule has 146 valence electrons. The first-order chi connectivity index (χ1) is 12.9. The van der Waals surface area contributed by atoms with E-state index in [0.717, 1.165) is 12.1 Å². The number of hydrogen-bond donors (Lipinski definition) is 1. The summed E-state index contributed by atoms with van der Waals surface area (Å²) in [5.41, 5.74) is -0.849. The van der Waals surface area contributed by atoms with Gasteiger partial charge in [0.15, 0.2) is 5.75 Å². The van der Waals surface area contributed by atoms with E-state index < -0.39 is 36.5 Å². The van der Waals surface area contributed by atoms with Crippen LogP contribution < -0.4 is 0 Å². The quantitative estimate of drug-likeness (QED) is 0.438. The number of aromatic hydroxyl groups is 1. The number of nitro groups is 1. The van der Waals surface area contributed by atoms with Gasteiger partial charge in [-0.25, -0.2) is 8.42 Å². The minimum Gasteiger partial charge on any atom is -0.502 e. The van der Waals surface area contributed by atoms with Gasteiger partial charge in [0.2, 0.25) is 9.84 Å². The topological polar surface area (TPSA) is 121 Å². The Kier molecular flexibility index (Phi) is 5.83. The largest absolute Gasteiger partial charge is 0.502 e. The van der Waals surface area contributed by atoms with E-state index >= 15 is 0 Å². The summed E-state index contributed by atoms with van der Waals surface area (Å²) in [6.07, 6.45) is 1.05. The van der Waals surface area contributed by atoms with Gasteiger partial charge < -0.3 is 5.11 Å². The first kappa shape index (κ1) is 21.4. The lowest BCUT2D eigenvalue weighted by Crippen LogP contribution is -2.12. The highest BCUT2D eigenvalue weighted by atomic mass is 35.5. The minimum absolute atomic E-state index is 0.114. The summed E-state index contributed by atoms with van der Waals surface area (Å²) in [5.74, 6) is -0.492. The molecule has 0 aliphatic heterocycles. The Morgan fingerprint density at radius 2 is 1.82 bits per heavy atom. The Morgan fingerprint density at radius 3 is 2.29 bits per heavy atom. The van der Waals surface area contributed by atoms with E-state index in [4.69, 9.17) is 11.6 Å². The summed E-state index contributed by atoms with van der Waals surface area (Å²) >= 11 is 5.76. The highest BCUT2D eigenvalue weighted by molar-refractivity contribution is 7.95. The van der Waals surface area contributed by atoms with Gasteiger partial charge in [-0.3, -0.25) is 10.1 Å². The molecule has 0 radical (unpaired) electrons. The van der Waals surface area contributed by atoms with E-state index in [2.05, 4.69) is 0 Å². The molecule has 0 spiro atoms. The molecule has 0 amide bonds. The molecule has 0 heterocycles. The fourth-order valence-electron chi connectivity index (χ4n) is 2.50. The van der Waals surface area contributed by atoms with Crippen LogP contribution in [0, 0.1) is 21.4 Å². The van der Waals surface area contributed by atoms with Gasteiger partial charge in [0.1, 0.15) is 11.0 Å². The Balaban J connectivity index is 2.70. The molecule has 1 N–H and O–H groups in total. The number of nitriles is 1. The molecular weight excluding hydrogens is 404 g/mol. The molecule has 0 aliphatic carbocycles. The van der Waals surface area contributed by atoms with Crippen molar-refractivity contribution in [3.63, 3.8) is 0 Å². The maximum absolute atomic E-state index is 12.7. The fraction of sp³-hybridized carbons (Fsp3) is 0.211. The van der Waals surface area contributed by atoms with Crippen molar-refractivity contribution in [1.82, 2.24) is 0 Å². The van der Waals surface area contributed by atoms with E-state index in [-0.39, 0.29) is 16.0 Å². The van der Waals surface area contributed by atoms with Crippen LogP contribution in [0.25, 0.3) is 6.08 Å². The van der Waals surface area contributed by atoms with Gasteiger partial charge in [-0.2, -0.15) is 5.26 Å². The molecule has 0 aromatic heterocycles. The normalized spacial score (nSPS) is 12.5. The van der Waals surface area contributed by atoms with Crippen LogP contribution in [0.1, 0.15) is 31.9 Å². The Morgan fingerprint density at radius 1 is 1.25 bits per heavy atom. The van der Waals surface area contributed by atoms with Crippen LogP contribution in [-0.2, 0) is 15.3 Å². The average molecular weight is 421 g/mol. The summed E-state index contributed by atoms with van der Waals surface area (Å²) in [7, 11) is -4.15. The molecule has 2 aromatic rings. The minimum atomic E-state index is -4.15. The van der Waals surface area contributed by atoms with Crippen LogP contribution in [0.15, 0.2) is 46.2 Å². The number of allylic oxidation sites excluding steroid dienone is 1. The van der Waals surface area contributed by atoms with E-state index in [0.29, 0.717) is 5.02 Å².